The van der Waals surface area contributed by atoms with Gasteiger partial charge >= 0.3 is 0 Å². The molecule has 88 valence electrons. The summed E-state index contributed by atoms with van der Waals surface area (Å²) in [7, 11) is 0. The molecule has 1 N–H and O–H groups in total. The molecule has 0 unspecified atom stereocenters. The van der Waals surface area contributed by atoms with Gasteiger partial charge in [-0.05, 0) is 27.2 Å². The number of aryl methyl sites for hydroxylation is 1. The van der Waals surface area contributed by atoms with Crippen molar-refractivity contribution in [2.45, 2.75) is 39.3 Å². The summed E-state index contributed by atoms with van der Waals surface area (Å²) in [5.74, 6) is 2.62. The molecule has 2 heterocycles. The van der Waals surface area contributed by atoms with E-state index in [1.807, 2.05) is 6.92 Å². The minimum absolute atomic E-state index is 0.149. The Bertz CT molecular complexity index is 398. The first-order chi connectivity index (χ1) is 7.55. The average Bonchev–Trinajstić information content (AvgIpc) is 2.60. The van der Waals surface area contributed by atoms with Crippen LogP contribution in [0.3, 0.4) is 0 Å². The van der Waals surface area contributed by atoms with E-state index in [4.69, 9.17) is 4.42 Å². The van der Waals surface area contributed by atoms with Crippen LogP contribution in [0.2, 0.25) is 0 Å². The normalized spacial score (nSPS) is 22.1. The SMILES string of the molecule is Cc1cnc(CN=C2NC(C)(C)CCS2)o1. The second kappa shape index (κ2) is 4.49. The number of hydrogen-bond donors (Lipinski definition) is 1. The zero-order valence-electron chi connectivity index (χ0n) is 9.91. The van der Waals surface area contributed by atoms with Crippen molar-refractivity contribution < 1.29 is 4.42 Å². The molecule has 5 heteroatoms. The Kier molecular flexibility index (Phi) is 3.23. The maximum atomic E-state index is 5.37. The first kappa shape index (κ1) is 11.5. The summed E-state index contributed by atoms with van der Waals surface area (Å²) in [6.07, 6.45) is 2.88. The van der Waals surface area contributed by atoms with E-state index in [0.717, 1.165) is 23.1 Å². The zero-order chi connectivity index (χ0) is 11.6. The van der Waals surface area contributed by atoms with Gasteiger partial charge in [0.15, 0.2) is 5.17 Å². The van der Waals surface area contributed by atoms with Gasteiger partial charge < -0.3 is 9.73 Å². The highest BCUT2D eigenvalue weighted by Crippen LogP contribution is 2.21. The minimum atomic E-state index is 0.149. The second-order valence-electron chi connectivity index (χ2n) is 4.59. The van der Waals surface area contributed by atoms with E-state index in [2.05, 4.69) is 29.1 Å². The summed E-state index contributed by atoms with van der Waals surface area (Å²) in [6, 6.07) is 0. The van der Waals surface area contributed by atoms with Crippen molar-refractivity contribution in [3.05, 3.63) is 17.8 Å². The molecule has 0 saturated carbocycles. The highest BCUT2D eigenvalue weighted by molar-refractivity contribution is 8.13. The quantitative estimate of drug-likeness (QED) is 0.860. The van der Waals surface area contributed by atoms with Crippen LogP contribution < -0.4 is 5.32 Å². The van der Waals surface area contributed by atoms with Gasteiger partial charge in [0, 0.05) is 11.3 Å². The highest BCUT2D eigenvalue weighted by Gasteiger charge is 2.24. The average molecular weight is 239 g/mol. The molecule has 0 radical (unpaired) electrons. The van der Waals surface area contributed by atoms with E-state index in [1.54, 1.807) is 18.0 Å². The number of aromatic nitrogens is 1. The van der Waals surface area contributed by atoms with Crippen LogP contribution in [0.15, 0.2) is 15.6 Å². The fourth-order valence-corrected chi connectivity index (χ4v) is 2.80. The van der Waals surface area contributed by atoms with Crippen molar-refractivity contribution >= 4 is 16.9 Å². The number of oxazole rings is 1. The third kappa shape index (κ3) is 3.01. The molecule has 1 aromatic rings. The Morgan fingerprint density at radius 3 is 3.06 bits per heavy atom. The van der Waals surface area contributed by atoms with E-state index in [0.29, 0.717) is 12.4 Å². The van der Waals surface area contributed by atoms with Crippen LogP contribution in [0.1, 0.15) is 31.9 Å². The molecule has 0 amide bonds. The fraction of sp³-hybridized carbons (Fsp3) is 0.636. The van der Waals surface area contributed by atoms with Gasteiger partial charge in [-0.15, -0.1) is 0 Å². The predicted molar refractivity (Wildman–Crippen MR) is 66.7 cm³/mol. The van der Waals surface area contributed by atoms with E-state index in [9.17, 15) is 0 Å². The zero-order valence-corrected chi connectivity index (χ0v) is 10.7. The van der Waals surface area contributed by atoms with Gasteiger partial charge in [0.25, 0.3) is 0 Å². The fourth-order valence-electron chi connectivity index (χ4n) is 1.49. The van der Waals surface area contributed by atoms with Crippen molar-refractivity contribution in [2.75, 3.05) is 5.75 Å². The Balaban J connectivity index is 1.97. The standard InChI is InChI=1S/C11H17N3OS/c1-8-6-12-9(15-8)7-13-10-14-11(2,3)4-5-16-10/h6H,4-5,7H2,1-3H3,(H,13,14). The number of hydrogen-bond acceptors (Lipinski definition) is 4. The first-order valence-corrected chi connectivity index (χ1v) is 6.40. The summed E-state index contributed by atoms with van der Waals surface area (Å²) in [5.41, 5.74) is 0.149. The van der Waals surface area contributed by atoms with Gasteiger partial charge in [-0.1, -0.05) is 11.8 Å². The van der Waals surface area contributed by atoms with Crippen molar-refractivity contribution in [1.82, 2.24) is 10.3 Å². The third-order valence-electron chi connectivity index (χ3n) is 2.44. The molecule has 0 atom stereocenters. The topological polar surface area (TPSA) is 50.4 Å². The minimum Gasteiger partial charge on any atom is -0.444 e. The Morgan fingerprint density at radius 2 is 2.44 bits per heavy atom. The Labute approximate surface area is 99.9 Å². The van der Waals surface area contributed by atoms with Crippen LogP contribution in [0.25, 0.3) is 0 Å². The van der Waals surface area contributed by atoms with Crippen LogP contribution in [0.5, 0.6) is 0 Å². The maximum absolute atomic E-state index is 5.37. The summed E-state index contributed by atoms with van der Waals surface area (Å²) in [6.45, 7) is 6.79. The van der Waals surface area contributed by atoms with Gasteiger partial charge in [-0.2, -0.15) is 0 Å². The van der Waals surface area contributed by atoms with E-state index >= 15 is 0 Å². The molecule has 4 nitrogen and oxygen atoms in total. The Hall–Kier alpha value is -0.970. The van der Waals surface area contributed by atoms with Crippen molar-refractivity contribution in [3.63, 3.8) is 0 Å². The molecule has 2 rings (SSSR count). The van der Waals surface area contributed by atoms with Crippen LogP contribution >= 0.6 is 11.8 Å². The molecule has 1 aliphatic rings. The largest absolute Gasteiger partial charge is 0.444 e. The molecule has 1 aliphatic heterocycles. The summed E-state index contributed by atoms with van der Waals surface area (Å²) in [5, 5.41) is 4.41. The number of thioether (sulfide) groups is 1. The lowest BCUT2D eigenvalue weighted by Gasteiger charge is -2.32. The summed E-state index contributed by atoms with van der Waals surface area (Å²) < 4.78 is 5.37. The third-order valence-corrected chi connectivity index (χ3v) is 3.35. The predicted octanol–water partition coefficient (Wildman–Crippen LogP) is 2.34. The van der Waals surface area contributed by atoms with Gasteiger partial charge in [0.1, 0.15) is 12.3 Å². The highest BCUT2D eigenvalue weighted by atomic mass is 32.2. The molecule has 16 heavy (non-hydrogen) atoms. The lowest BCUT2D eigenvalue weighted by atomic mass is 10.0. The van der Waals surface area contributed by atoms with Gasteiger partial charge in [0.2, 0.25) is 5.89 Å². The monoisotopic (exact) mass is 239 g/mol. The molecule has 1 saturated heterocycles. The molecule has 1 aromatic heterocycles. The van der Waals surface area contributed by atoms with Crippen LogP contribution in [-0.4, -0.2) is 21.4 Å². The smallest absolute Gasteiger partial charge is 0.216 e. The summed E-state index contributed by atoms with van der Waals surface area (Å²) >= 11 is 1.76. The molecule has 0 spiro atoms. The van der Waals surface area contributed by atoms with Gasteiger partial charge in [-0.25, -0.2) is 4.98 Å². The lowest BCUT2D eigenvalue weighted by Crippen LogP contribution is -2.46. The van der Waals surface area contributed by atoms with Crippen molar-refractivity contribution in [2.24, 2.45) is 4.99 Å². The maximum Gasteiger partial charge on any atom is 0.216 e. The number of rotatable bonds is 2. The van der Waals surface area contributed by atoms with Crippen LogP contribution in [-0.2, 0) is 6.54 Å². The number of nitrogens with zero attached hydrogens (tertiary/aromatic N) is 2. The molecule has 0 aliphatic carbocycles. The van der Waals surface area contributed by atoms with Crippen LogP contribution in [0, 0.1) is 6.92 Å². The molecular formula is C11H17N3OS. The Morgan fingerprint density at radius 1 is 1.62 bits per heavy atom. The van der Waals surface area contributed by atoms with Crippen molar-refractivity contribution in [1.29, 1.82) is 0 Å². The first-order valence-electron chi connectivity index (χ1n) is 5.42. The molecule has 0 aromatic carbocycles. The van der Waals surface area contributed by atoms with Gasteiger partial charge in [0.05, 0.1) is 6.20 Å². The molecule has 0 bridgehead atoms. The number of aliphatic imine (C=N–C) groups is 1. The number of amidine groups is 1. The van der Waals surface area contributed by atoms with E-state index < -0.39 is 0 Å². The van der Waals surface area contributed by atoms with E-state index in [1.165, 1.54) is 0 Å². The van der Waals surface area contributed by atoms with Gasteiger partial charge in [-0.3, -0.25) is 4.99 Å². The van der Waals surface area contributed by atoms with Crippen LogP contribution in [0.4, 0.5) is 0 Å². The summed E-state index contributed by atoms with van der Waals surface area (Å²) in [4.78, 5) is 8.60. The second-order valence-corrected chi connectivity index (χ2v) is 5.68. The lowest BCUT2D eigenvalue weighted by molar-refractivity contribution is 0.443. The van der Waals surface area contributed by atoms with E-state index in [-0.39, 0.29) is 5.54 Å². The molecule has 1 fully saturated rings. The van der Waals surface area contributed by atoms with Crippen molar-refractivity contribution in [3.8, 4) is 0 Å². The molecular weight excluding hydrogens is 222 g/mol. The number of nitrogens with one attached hydrogen (secondary N) is 1.